The molecule has 3 nitrogen and oxygen atoms in total. The van der Waals surface area contributed by atoms with Crippen molar-refractivity contribution in [2.75, 3.05) is 6.54 Å². The van der Waals surface area contributed by atoms with E-state index in [0.717, 1.165) is 12.1 Å². The Kier molecular flexibility index (Phi) is 4.57. The summed E-state index contributed by atoms with van der Waals surface area (Å²) in [7, 11) is 0. The van der Waals surface area contributed by atoms with E-state index in [0.29, 0.717) is 5.56 Å². The third-order valence-electron chi connectivity index (χ3n) is 2.44. The lowest BCUT2D eigenvalue weighted by Gasteiger charge is -2.24. The van der Waals surface area contributed by atoms with Gasteiger partial charge in [0.1, 0.15) is 0 Å². The van der Waals surface area contributed by atoms with Gasteiger partial charge in [0.25, 0.3) is 0 Å². The summed E-state index contributed by atoms with van der Waals surface area (Å²) in [5, 5.41) is 8.73. The van der Waals surface area contributed by atoms with Crippen molar-refractivity contribution in [2.45, 2.75) is 26.4 Å². The van der Waals surface area contributed by atoms with Crippen molar-refractivity contribution >= 4 is 5.97 Å². The van der Waals surface area contributed by atoms with E-state index in [9.17, 15) is 13.6 Å². The van der Waals surface area contributed by atoms with Crippen LogP contribution >= 0.6 is 0 Å². The largest absolute Gasteiger partial charge is 0.480 e. The first-order valence-corrected chi connectivity index (χ1v) is 5.30. The summed E-state index contributed by atoms with van der Waals surface area (Å²) in [6, 6.07) is 3.60. The minimum atomic E-state index is -0.943. The van der Waals surface area contributed by atoms with Gasteiger partial charge in [0.05, 0.1) is 6.54 Å². The van der Waals surface area contributed by atoms with Crippen molar-refractivity contribution in [1.82, 2.24) is 4.90 Å². The van der Waals surface area contributed by atoms with Gasteiger partial charge in [0.15, 0.2) is 11.6 Å². The number of halogens is 2. The molecule has 0 atom stereocenters. The van der Waals surface area contributed by atoms with Crippen LogP contribution < -0.4 is 0 Å². The lowest BCUT2D eigenvalue weighted by atomic mass is 10.2. The van der Waals surface area contributed by atoms with Gasteiger partial charge >= 0.3 is 5.97 Å². The van der Waals surface area contributed by atoms with Crippen molar-refractivity contribution in [2.24, 2.45) is 0 Å². The Hall–Kier alpha value is -1.49. The van der Waals surface area contributed by atoms with Crippen LogP contribution in [0.3, 0.4) is 0 Å². The number of carbonyl (C=O) groups is 1. The summed E-state index contributed by atoms with van der Waals surface area (Å²) in [6.45, 7) is 3.85. The van der Waals surface area contributed by atoms with E-state index in [1.165, 1.54) is 6.07 Å². The zero-order valence-electron chi connectivity index (χ0n) is 9.78. The normalized spacial score (nSPS) is 11.2. The number of hydrogen-bond acceptors (Lipinski definition) is 2. The van der Waals surface area contributed by atoms with E-state index >= 15 is 0 Å². The van der Waals surface area contributed by atoms with Crippen LogP contribution in [0.4, 0.5) is 8.78 Å². The third kappa shape index (κ3) is 4.11. The number of carboxylic acids is 1. The molecule has 0 heterocycles. The molecule has 0 saturated carbocycles. The van der Waals surface area contributed by atoms with Gasteiger partial charge in [-0.3, -0.25) is 9.69 Å². The second-order valence-corrected chi connectivity index (χ2v) is 4.14. The van der Waals surface area contributed by atoms with Crippen LogP contribution in [0.25, 0.3) is 0 Å². The van der Waals surface area contributed by atoms with Gasteiger partial charge in [-0.05, 0) is 31.5 Å². The van der Waals surface area contributed by atoms with Gasteiger partial charge in [-0.15, -0.1) is 0 Å². The summed E-state index contributed by atoms with van der Waals surface area (Å²) in [6.07, 6.45) is 0. The van der Waals surface area contributed by atoms with Crippen molar-refractivity contribution in [1.29, 1.82) is 0 Å². The van der Waals surface area contributed by atoms with E-state index < -0.39 is 17.6 Å². The van der Waals surface area contributed by atoms with Gasteiger partial charge < -0.3 is 5.11 Å². The maximum Gasteiger partial charge on any atom is 0.317 e. The number of aliphatic carboxylic acids is 1. The van der Waals surface area contributed by atoms with Gasteiger partial charge in [-0.1, -0.05) is 6.07 Å². The van der Waals surface area contributed by atoms with Crippen LogP contribution in [-0.4, -0.2) is 28.6 Å². The van der Waals surface area contributed by atoms with Crippen molar-refractivity contribution in [3.05, 3.63) is 35.4 Å². The number of hydrogen-bond donors (Lipinski definition) is 1. The highest BCUT2D eigenvalue weighted by molar-refractivity contribution is 5.69. The molecule has 1 aromatic rings. The fraction of sp³-hybridized carbons (Fsp3) is 0.417. The molecule has 1 rings (SSSR count). The highest BCUT2D eigenvalue weighted by Crippen LogP contribution is 2.12. The molecule has 0 bridgehead atoms. The molecule has 0 unspecified atom stereocenters. The lowest BCUT2D eigenvalue weighted by Crippen LogP contribution is -2.35. The molecule has 0 radical (unpaired) electrons. The molecule has 0 aliphatic heterocycles. The zero-order chi connectivity index (χ0) is 13.0. The van der Waals surface area contributed by atoms with Crippen molar-refractivity contribution in [3.8, 4) is 0 Å². The molecular formula is C12H15F2NO2. The smallest absolute Gasteiger partial charge is 0.317 e. The fourth-order valence-corrected chi connectivity index (χ4v) is 1.47. The number of benzene rings is 1. The molecule has 17 heavy (non-hydrogen) atoms. The van der Waals surface area contributed by atoms with Gasteiger partial charge in [-0.25, -0.2) is 8.78 Å². The maximum absolute atomic E-state index is 13.0. The number of rotatable bonds is 5. The third-order valence-corrected chi connectivity index (χ3v) is 2.44. The molecule has 0 aliphatic rings. The van der Waals surface area contributed by atoms with Crippen LogP contribution in [0.1, 0.15) is 19.4 Å². The van der Waals surface area contributed by atoms with E-state index in [2.05, 4.69) is 0 Å². The molecule has 5 heteroatoms. The quantitative estimate of drug-likeness (QED) is 0.862. The molecule has 0 amide bonds. The Balaban J connectivity index is 2.78. The van der Waals surface area contributed by atoms with E-state index in [4.69, 9.17) is 5.11 Å². The highest BCUT2D eigenvalue weighted by Gasteiger charge is 2.14. The Morgan fingerprint density at radius 3 is 2.47 bits per heavy atom. The Morgan fingerprint density at radius 1 is 1.35 bits per heavy atom. The molecular weight excluding hydrogens is 228 g/mol. The predicted molar refractivity (Wildman–Crippen MR) is 59.5 cm³/mol. The Labute approximate surface area is 98.7 Å². The molecule has 0 fully saturated rings. The number of carboxylic acid groups (broad SMARTS) is 1. The average Bonchev–Trinajstić information content (AvgIpc) is 2.21. The van der Waals surface area contributed by atoms with Crippen LogP contribution in [-0.2, 0) is 11.3 Å². The molecule has 1 N–H and O–H groups in total. The summed E-state index contributed by atoms with van der Waals surface area (Å²) in [4.78, 5) is 12.3. The zero-order valence-corrected chi connectivity index (χ0v) is 9.78. The maximum atomic E-state index is 13.0. The minimum absolute atomic E-state index is 0.0132. The molecule has 0 aromatic heterocycles. The van der Waals surface area contributed by atoms with Gasteiger partial charge in [-0.2, -0.15) is 0 Å². The van der Waals surface area contributed by atoms with E-state index in [1.807, 2.05) is 13.8 Å². The molecule has 0 aliphatic carbocycles. The fourth-order valence-electron chi connectivity index (χ4n) is 1.47. The van der Waals surface area contributed by atoms with Crippen molar-refractivity contribution < 1.29 is 18.7 Å². The summed E-state index contributed by atoms with van der Waals surface area (Å²) >= 11 is 0. The molecule has 0 saturated heterocycles. The predicted octanol–water partition coefficient (Wildman–Crippen LogP) is 2.26. The molecule has 0 spiro atoms. The monoisotopic (exact) mass is 243 g/mol. The highest BCUT2D eigenvalue weighted by atomic mass is 19.2. The topological polar surface area (TPSA) is 40.5 Å². The van der Waals surface area contributed by atoms with E-state index in [-0.39, 0.29) is 19.1 Å². The lowest BCUT2D eigenvalue weighted by molar-refractivity contribution is -0.138. The number of nitrogens with zero attached hydrogens (tertiary/aromatic N) is 1. The first kappa shape index (κ1) is 13.6. The van der Waals surface area contributed by atoms with Crippen LogP contribution in [0.2, 0.25) is 0 Å². The van der Waals surface area contributed by atoms with Crippen molar-refractivity contribution in [3.63, 3.8) is 0 Å². The van der Waals surface area contributed by atoms with Gasteiger partial charge in [0, 0.05) is 12.6 Å². The standard InChI is InChI=1S/C12H15F2NO2/c1-8(2)15(7-12(16)17)6-9-3-4-10(13)11(14)5-9/h3-5,8H,6-7H2,1-2H3,(H,16,17). The second-order valence-electron chi connectivity index (χ2n) is 4.14. The second kappa shape index (κ2) is 5.72. The first-order valence-electron chi connectivity index (χ1n) is 5.30. The van der Waals surface area contributed by atoms with Crippen LogP contribution in [0, 0.1) is 11.6 Å². The van der Waals surface area contributed by atoms with Crippen LogP contribution in [0.15, 0.2) is 18.2 Å². The van der Waals surface area contributed by atoms with E-state index in [1.54, 1.807) is 4.90 Å². The SMILES string of the molecule is CC(C)N(CC(=O)O)Cc1ccc(F)c(F)c1. The summed E-state index contributed by atoms with van der Waals surface area (Å²) in [5.41, 5.74) is 0.554. The first-order chi connectivity index (χ1) is 7.90. The summed E-state index contributed by atoms with van der Waals surface area (Å²) < 4.78 is 25.7. The average molecular weight is 243 g/mol. The Morgan fingerprint density at radius 2 is 2.00 bits per heavy atom. The molecule has 1 aromatic carbocycles. The Bertz CT molecular complexity index is 407. The molecule has 94 valence electrons. The minimum Gasteiger partial charge on any atom is -0.480 e. The summed E-state index contributed by atoms with van der Waals surface area (Å²) in [5.74, 6) is -2.76. The van der Waals surface area contributed by atoms with Gasteiger partial charge in [0.2, 0.25) is 0 Å². The van der Waals surface area contributed by atoms with Crippen LogP contribution in [0.5, 0.6) is 0 Å².